The number of nitrogens with zero attached hydrogens (tertiary/aromatic N) is 1. The molecule has 1 aliphatic carbocycles. The third-order valence-electron chi connectivity index (χ3n) is 8.42. The standard InChI is InChI=1S/C30H52N6O5/c1-6-12-21(25(38)27(40)32-16-7-2)34-26(39)22-13-11-17-36(22)24(37)18-30(14-9-8-10-15-30)20-33-28(41)35-23(19-31)29(3,4)5/h7,21-23H,2,6,8-20,31H2,1,3-5H3,(H,32,40)(H,34,39)(H2,33,35,41)/p+1/t21?,22-,23+/m0/s1. The maximum atomic E-state index is 13.7. The predicted octanol–water partition coefficient (Wildman–Crippen LogP) is 1.43. The molecule has 0 aromatic rings. The molecule has 0 bridgehead atoms. The van der Waals surface area contributed by atoms with Gasteiger partial charge < -0.3 is 31.9 Å². The number of amides is 5. The number of quaternary nitrogens is 1. The fourth-order valence-electron chi connectivity index (χ4n) is 5.91. The minimum Gasteiger partial charge on any atom is -0.356 e. The summed E-state index contributed by atoms with van der Waals surface area (Å²) in [5.74, 6) is -1.98. The van der Waals surface area contributed by atoms with Gasteiger partial charge in [-0.2, -0.15) is 0 Å². The minimum absolute atomic E-state index is 0.0771. The highest BCUT2D eigenvalue weighted by Gasteiger charge is 2.41. The highest BCUT2D eigenvalue weighted by atomic mass is 16.2. The van der Waals surface area contributed by atoms with Gasteiger partial charge >= 0.3 is 6.03 Å². The lowest BCUT2D eigenvalue weighted by Crippen LogP contribution is -2.64. The van der Waals surface area contributed by atoms with E-state index in [4.69, 9.17) is 0 Å². The van der Waals surface area contributed by atoms with Crippen molar-refractivity contribution in [3.63, 3.8) is 0 Å². The van der Waals surface area contributed by atoms with E-state index in [9.17, 15) is 24.0 Å². The summed E-state index contributed by atoms with van der Waals surface area (Å²) in [6, 6.07) is -1.97. The average molecular weight is 578 g/mol. The summed E-state index contributed by atoms with van der Waals surface area (Å²) in [6.45, 7) is 13.2. The molecule has 1 saturated heterocycles. The minimum atomic E-state index is -0.947. The molecule has 0 aromatic carbocycles. The Morgan fingerprint density at radius 1 is 1.05 bits per heavy atom. The molecule has 0 radical (unpaired) electrons. The number of rotatable bonds is 14. The number of likely N-dealkylation sites (tertiary alicyclic amines) is 1. The van der Waals surface area contributed by atoms with E-state index in [1.807, 2.05) is 6.92 Å². The molecule has 11 heteroatoms. The number of urea groups is 1. The Morgan fingerprint density at radius 2 is 1.73 bits per heavy atom. The van der Waals surface area contributed by atoms with Crippen molar-refractivity contribution in [3.05, 3.63) is 12.7 Å². The Bertz CT molecular complexity index is 940. The highest BCUT2D eigenvalue weighted by Crippen LogP contribution is 2.40. The number of carbonyl (C=O) groups is 5. The SMILES string of the molecule is C=CCNC(=O)C(=O)C(CCC)NC(=O)[C@@H]1CCCN1C(=O)CC1(CNC(=O)N[C@H](C[NH3+])C(C)(C)C)CCCCC1. The van der Waals surface area contributed by atoms with Gasteiger partial charge in [0.05, 0.1) is 18.6 Å². The van der Waals surface area contributed by atoms with E-state index in [1.54, 1.807) is 4.90 Å². The van der Waals surface area contributed by atoms with Gasteiger partial charge in [0, 0.05) is 26.1 Å². The molecule has 7 N–H and O–H groups in total. The first kappa shape index (κ1) is 34.3. The number of hydrogen-bond donors (Lipinski definition) is 5. The summed E-state index contributed by atoms with van der Waals surface area (Å²) in [7, 11) is 0. The summed E-state index contributed by atoms with van der Waals surface area (Å²) < 4.78 is 0. The van der Waals surface area contributed by atoms with Crippen LogP contribution in [0.1, 0.15) is 91.9 Å². The molecule has 1 unspecified atom stereocenters. The number of Topliss-reactive ketones (excluding diaryl/α,β-unsaturated/α-hetero) is 1. The van der Waals surface area contributed by atoms with E-state index in [0.717, 1.165) is 32.1 Å². The average Bonchev–Trinajstić information content (AvgIpc) is 3.43. The van der Waals surface area contributed by atoms with Gasteiger partial charge in [-0.15, -0.1) is 6.58 Å². The molecule has 1 heterocycles. The molecular formula is C30H53N6O5+. The molecule has 5 amide bonds. The second-order valence-electron chi connectivity index (χ2n) is 12.7. The Hall–Kier alpha value is -2.95. The summed E-state index contributed by atoms with van der Waals surface area (Å²) in [4.78, 5) is 66.3. The monoisotopic (exact) mass is 577 g/mol. The van der Waals surface area contributed by atoms with E-state index >= 15 is 0 Å². The molecule has 1 saturated carbocycles. The molecule has 3 atom stereocenters. The van der Waals surface area contributed by atoms with Crippen LogP contribution >= 0.6 is 0 Å². The number of hydrogen-bond acceptors (Lipinski definition) is 5. The molecule has 0 aromatic heterocycles. The van der Waals surface area contributed by atoms with Crippen LogP contribution in [-0.2, 0) is 19.2 Å². The van der Waals surface area contributed by atoms with Crippen LogP contribution in [-0.4, -0.2) is 78.7 Å². The maximum Gasteiger partial charge on any atom is 0.315 e. The quantitative estimate of drug-likeness (QED) is 0.155. The van der Waals surface area contributed by atoms with Crippen molar-refractivity contribution in [3.8, 4) is 0 Å². The lowest BCUT2D eigenvalue weighted by Gasteiger charge is -2.39. The van der Waals surface area contributed by atoms with Gasteiger partial charge in [-0.3, -0.25) is 19.2 Å². The molecule has 11 nitrogen and oxygen atoms in total. The fourth-order valence-corrected chi connectivity index (χ4v) is 5.91. The van der Waals surface area contributed by atoms with E-state index in [2.05, 4.69) is 54.4 Å². The highest BCUT2D eigenvalue weighted by molar-refractivity contribution is 6.38. The van der Waals surface area contributed by atoms with Gasteiger partial charge in [0.25, 0.3) is 5.91 Å². The first-order valence-electron chi connectivity index (χ1n) is 15.2. The predicted molar refractivity (Wildman–Crippen MR) is 157 cm³/mol. The van der Waals surface area contributed by atoms with Gasteiger partial charge in [0.2, 0.25) is 17.6 Å². The van der Waals surface area contributed by atoms with Gasteiger partial charge in [0.15, 0.2) is 0 Å². The van der Waals surface area contributed by atoms with E-state index in [1.165, 1.54) is 6.08 Å². The zero-order valence-electron chi connectivity index (χ0n) is 25.6. The number of ketones is 1. The van der Waals surface area contributed by atoms with Crippen LogP contribution in [0.3, 0.4) is 0 Å². The lowest BCUT2D eigenvalue weighted by molar-refractivity contribution is -0.376. The molecule has 41 heavy (non-hydrogen) atoms. The summed E-state index contributed by atoms with van der Waals surface area (Å²) in [5, 5.41) is 11.3. The molecule has 232 valence electrons. The van der Waals surface area contributed by atoms with Crippen LogP contribution < -0.4 is 27.0 Å². The molecule has 2 fully saturated rings. The first-order chi connectivity index (χ1) is 19.4. The third-order valence-corrected chi connectivity index (χ3v) is 8.42. The van der Waals surface area contributed by atoms with Gasteiger partial charge in [0.1, 0.15) is 6.04 Å². The maximum absolute atomic E-state index is 13.7. The molecule has 2 aliphatic rings. The summed E-state index contributed by atoms with van der Waals surface area (Å²) in [5.41, 5.74) is 3.47. The normalized spacial score (nSPS) is 19.9. The smallest absolute Gasteiger partial charge is 0.315 e. The van der Waals surface area contributed by atoms with Crippen LogP contribution in [0.25, 0.3) is 0 Å². The largest absolute Gasteiger partial charge is 0.356 e. The Morgan fingerprint density at radius 3 is 2.32 bits per heavy atom. The second-order valence-corrected chi connectivity index (χ2v) is 12.7. The molecule has 1 aliphatic heterocycles. The van der Waals surface area contributed by atoms with Crippen molar-refractivity contribution in [2.75, 3.05) is 26.2 Å². The topological polar surface area (TPSA) is 164 Å². The fraction of sp³-hybridized carbons (Fsp3) is 0.767. The Balaban J connectivity index is 2.07. The summed E-state index contributed by atoms with van der Waals surface area (Å²) >= 11 is 0. The Kier molecular flexibility index (Phi) is 13.3. The Labute approximate surface area is 245 Å². The van der Waals surface area contributed by atoms with Gasteiger partial charge in [-0.1, -0.05) is 59.5 Å². The lowest BCUT2D eigenvalue weighted by atomic mass is 9.71. The van der Waals surface area contributed by atoms with Crippen molar-refractivity contribution in [1.29, 1.82) is 0 Å². The van der Waals surface area contributed by atoms with Crippen LogP contribution in [0.5, 0.6) is 0 Å². The van der Waals surface area contributed by atoms with E-state index in [-0.39, 0.29) is 41.8 Å². The van der Waals surface area contributed by atoms with Gasteiger partial charge in [-0.05, 0) is 42.9 Å². The van der Waals surface area contributed by atoms with Gasteiger partial charge in [-0.25, -0.2) is 4.79 Å². The van der Waals surface area contributed by atoms with Crippen molar-refractivity contribution < 1.29 is 29.7 Å². The third kappa shape index (κ3) is 10.1. The van der Waals surface area contributed by atoms with Crippen molar-refractivity contribution in [2.24, 2.45) is 10.8 Å². The van der Waals surface area contributed by atoms with Crippen molar-refractivity contribution in [1.82, 2.24) is 26.2 Å². The van der Waals surface area contributed by atoms with Crippen LogP contribution in [0.2, 0.25) is 0 Å². The van der Waals surface area contributed by atoms with Crippen LogP contribution in [0.15, 0.2) is 12.7 Å². The second kappa shape index (κ2) is 15.9. The number of carbonyl (C=O) groups excluding carboxylic acids is 5. The molecular weight excluding hydrogens is 524 g/mol. The van der Waals surface area contributed by atoms with Crippen molar-refractivity contribution >= 4 is 29.5 Å². The van der Waals surface area contributed by atoms with Crippen molar-refractivity contribution in [2.45, 2.75) is 110 Å². The molecule has 0 spiro atoms. The zero-order chi connectivity index (χ0) is 30.6. The first-order valence-corrected chi connectivity index (χ1v) is 15.2. The molecule has 2 rings (SSSR count). The van der Waals surface area contributed by atoms with Crippen LogP contribution in [0.4, 0.5) is 4.79 Å². The van der Waals surface area contributed by atoms with E-state index < -0.39 is 29.7 Å². The zero-order valence-corrected chi connectivity index (χ0v) is 25.6. The number of nitrogens with one attached hydrogen (secondary N) is 4. The summed E-state index contributed by atoms with van der Waals surface area (Å²) in [6.07, 6.45) is 8.56. The van der Waals surface area contributed by atoms with Crippen LogP contribution in [0, 0.1) is 10.8 Å². The van der Waals surface area contributed by atoms with E-state index in [0.29, 0.717) is 45.3 Å².